The van der Waals surface area contributed by atoms with Gasteiger partial charge in [-0.1, -0.05) is 18.2 Å². The summed E-state index contributed by atoms with van der Waals surface area (Å²) >= 11 is 0. The van der Waals surface area contributed by atoms with E-state index in [9.17, 15) is 14.0 Å². The average Bonchev–Trinajstić information content (AvgIpc) is 3.13. The van der Waals surface area contributed by atoms with Crippen molar-refractivity contribution in [3.63, 3.8) is 0 Å². The first kappa shape index (κ1) is 19.1. The Morgan fingerprint density at radius 3 is 2.25 bits per heavy atom. The highest BCUT2D eigenvalue weighted by Gasteiger charge is 2.32. The molecule has 0 atom stereocenters. The van der Waals surface area contributed by atoms with Gasteiger partial charge in [-0.3, -0.25) is 0 Å². The lowest BCUT2D eigenvalue weighted by Gasteiger charge is -2.08. The van der Waals surface area contributed by atoms with Crippen molar-refractivity contribution in [3.8, 4) is 22.7 Å². The Morgan fingerprint density at radius 1 is 0.964 bits per heavy atom. The van der Waals surface area contributed by atoms with E-state index in [0.29, 0.717) is 5.69 Å². The maximum absolute atomic E-state index is 13.9. The molecule has 28 heavy (non-hydrogen) atoms. The summed E-state index contributed by atoms with van der Waals surface area (Å²) in [5.41, 5.74) is 0.453. The first-order chi connectivity index (χ1) is 13.5. The molecule has 0 N–H and O–H groups in total. The van der Waals surface area contributed by atoms with Gasteiger partial charge in [0.25, 0.3) is 0 Å². The van der Waals surface area contributed by atoms with Crippen LogP contribution in [-0.4, -0.2) is 43.0 Å². The Kier molecular flexibility index (Phi) is 5.39. The number of carbonyl (C=O) groups excluding carboxylic acids is 2. The summed E-state index contributed by atoms with van der Waals surface area (Å²) in [6, 6.07) is 12.5. The van der Waals surface area contributed by atoms with Gasteiger partial charge < -0.3 is 14.2 Å². The number of carbonyl (C=O) groups is 2. The molecule has 1 aromatic heterocycles. The van der Waals surface area contributed by atoms with Gasteiger partial charge in [0.2, 0.25) is 0 Å². The number of halogens is 1. The van der Waals surface area contributed by atoms with Gasteiger partial charge in [-0.2, -0.15) is 5.10 Å². The molecule has 0 aliphatic heterocycles. The number of rotatable bonds is 5. The van der Waals surface area contributed by atoms with Gasteiger partial charge in [0.15, 0.2) is 5.69 Å². The van der Waals surface area contributed by atoms with Gasteiger partial charge in [0.05, 0.1) is 27.0 Å². The SMILES string of the molecule is COC(=O)c1c(-c2cc(F)ccc2OC)nn(-c2ccccc2)c1C(=O)OC. The fourth-order valence-electron chi connectivity index (χ4n) is 2.81. The first-order valence-corrected chi connectivity index (χ1v) is 8.20. The predicted molar refractivity (Wildman–Crippen MR) is 98.2 cm³/mol. The highest BCUT2D eigenvalue weighted by molar-refractivity contribution is 6.07. The van der Waals surface area contributed by atoms with Crippen LogP contribution in [0.3, 0.4) is 0 Å². The van der Waals surface area contributed by atoms with E-state index in [2.05, 4.69) is 5.10 Å². The third kappa shape index (κ3) is 3.32. The van der Waals surface area contributed by atoms with Crippen LogP contribution >= 0.6 is 0 Å². The lowest BCUT2D eigenvalue weighted by Crippen LogP contribution is -2.15. The molecular formula is C20H17FN2O5. The molecule has 0 radical (unpaired) electrons. The number of nitrogens with zero attached hydrogens (tertiary/aromatic N) is 2. The number of esters is 2. The number of para-hydroxylation sites is 1. The molecular weight excluding hydrogens is 367 g/mol. The Labute approximate surface area is 160 Å². The van der Waals surface area contributed by atoms with Crippen molar-refractivity contribution < 1.29 is 28.2 Å². The van der Waals surface area contributed by atoms with Gasteiger partial charge in [0.1, 0.15) is 22.8 Å². The topological polar surface area (TPSA) is 79.7 Å². The number of benzene rings is 2. The van der Waals surface area contributed by atoms with E-state index in [1.165, 1.54) is 44.2 Å². The smallest absolute Gasteiger partial charge is 0.357 e. The van der Waals surface area contributed by atoms with Crippen molar-refractivity contribution >= 4 is 11.9 Å². The Balaban J connectivity index is 2.41. The second kappa shape index (κ2) is 7.91. The van der Waals surface area contributed by atoms with Gasteiger partial charge in [0, 0.05) is 5.56 Å². The third-order valence-corrected chi connectivity index (χ3v) is 4.07. The third-order valence-electron chi connectivity index (χ3n) is 4.07. The molecule has 2 aromatic carbocycles. The molecule has 0 aliphatic rings. The number of aromatic nitrogens is 2. The molecule has 0 aliphatic carbocycles. The molecule has 7 nitrogen and oxygen atoms in total. The molecule has 144 valence electrons. The summed E-state index contributed by atoms with van der Waals surface area (Å²) < 4.78 is 30.2. The van der Waals surface area contributed by atoms with Crippen LogP contribution in [0.15, 0.2) is 48.5 Å². The zero-order valence-electron chi connectivity index (χ0n) is 15.4. The van der Waals surface area contributed by atoms with E-state index in [1.54, 1.807) is 30.3 Å². The van der Waals surface area contributed by atoms with Crippen LogP contribution in [0.25, 0.3) is 16.9 Å². The Bertz CT molecular complexity index is 1030. The molecule has 8 heteroatoms. The molecule has 1 heterocycles. The first-order valence-electron chi connectivity index (χ1n) is 8.20. The predicted octanol–water partition coefficient (Wildman–Crippen LogP) is 3.26. The highest BCUT2D eigenvalue weighted by atomic mass is 19.1. The minimum Gasteiger partial charge on any atom is -0.496 e. The number of hydrogen-bond acceptors (Lipinski definition) is 6. The molecule has 0 saturated carbocycles. The van der Waals surface area contributed by atoms with E-state index in [1.807, 2.05) is 0 Å². The standard InChI is InChI=1S/C20H17FN2O5/c1-26-15-10-9-12(21)11-14(15)17-16(19(24)27-2)18(20(25)28-3)23(22-17)13-7-5-4-6-8-13/h4-11H,1-3H3. The van der Waals surface area contributed by atoms with Gasteiger partial charge in [-0.25, -0.2) is 18.7 Å². The second-order valence-corrected chi connectivity index (χ2v) is 5.65. The summed E-state index contributed by atoms with van der Waals surface area (Å²) in [7, 11) is 3.77. The second-order valence-electron chi connectivity index (χ2n) is 5.65. The van der Waals surface area contributed by atoms with Crippen molar-refractivity contribution in [3.05, 3.63) is 65.6 Å². The van der Waals surface area contributed by atoms with Crippen LogP contribution in [0.5, 0.6) is 5.75 Å². The van der Waals surface area contributed by atoms with Crippen molar-refractivity contribution in [1.82, 2.24) is 9.78 Å². The van der Waals surface area contributed by atoms with Gasteiger partial charge in [-0.15, -0.1) is 0 Å². The van der Waals surface area contributed by atoms with Crippen molar-refractivity contribution in [2.75, 3.05) is 21.3 Å². The zero-order chi connectivity index (χ0) is 20.3. The van der Waals surface area contributed by atoms with Crippen LogP contribution in [0.4, 0.5) is 4.39 Å². The molecule has 0 unspecified atom stereocenters. The van der Waals surface area contributed by atoms with Gasteiger partial charge >= 0.3 is 11.9 Å². The molecule has 0 bridgehead atoms. The fraction of sp³-hybridized carbons (Fsp3) is 0.150. The molecule has 3 aromatic rings. The largest absolute Gasteiger partial charge is 0.496 e. The van der Waals surface area contributed by atoms with E-state index in [-0.39, 0.29) is 28.3 Å². The van der Waals surface area contributed by atoms with Crippen LogP contribution in [-0.2, 0) is 9.47 Å². The van der Waals surface area contributed by atoms with Crippen LogP contribution in [0.1, 0.15) is 20.8 Å². The minimum atomic E-state index is -0.816. The van der Waals surface area contributed by atoms with Crippen molar-refractivity contribution in [2.24, 2.45) is 0 Å². The lowest BCUT2D eigenvalue weighted by atomic mass is 10.0. The number of ether oxygens (including phenoxy) is 3. The molecule has 0 saturated heterocycles. The lowest BCUT2D eigenvalue weighted by molar-refractivity contribution is 0.0549. The van der Waals surface area contributed by atoms with Crippen LogP contribution < -0.4 is 4.74 Å². The Morgan fingerprint density at radius 2 is 1.64 bits per heavy atom. The number of hydrogen-bond donors (Lipinski definition) is 0. The fourth-order valence-corrected chi connectivity index (χ4v) is 2.81. The molecule has 0 amide bonds. The molecule has 0 spiro atoms. The Hall–Kier alpha value is -3.68. The normalized spacial score (nSPS) is 10.4. The summed E-state index contributed by atoms with van der Waals surface area (Å²) in [4.78, 5) is 25.1. The van der Waals surface area contributed by atoms with Crippen molar-refractivity contribution in [1.29, 1.82) is 0 Å². The highest BCUT2D eigenvalue weighted by Crippen LogP contribution is 2.35. The average molecular weight is 384 g/mol. The molecule has 3 rings (SSSR count). The van der Waals surface area contributed by atoms with E-state index < -0.39 is 17.8 Å². The van der Waals surface area contributed by atoms with E-state index >= 15 is 0 Å². The summed E-state index contributed by atoms with van der Waals surface area (Å²) in [6.45, 7) is 0. The monoisotopic (exact) mass is 384 g/mol. The quantitative estimate of drug-likeness (QED) is 0.628. The summed E-state index contributed by atoms with van der Waals surface area (Å²) in [5, 5.41) is 4.41. The van der Waals surface area contributed by atoms with Crippen LogP contribution in [0.2, 0.25) is 0 Å². The maximum atomic E-state index is 13.9. The van der Waals surface area contributed by atoms with Crippen LogP contribution in [0, 0.1) is 5.82 Å². The van der Waals surface area contributed by atoms with E-state index in [0.717, 1.165) is 0 Å². The minimum absolute atomic E-state index is 0.0347. The summed E-state index contributed by atoms with van der Waals surface area (Å²) in [6.07, 6.45) is 0. The van der Waals surface area contributed by atoms with Gasteiger partial charge in [-0.05, 0) is 30.3 Å². The molecule has 0 fully saturated rings. The maximum Gasteiger partial charge on any atom is 0.357 e. The zero-order valence-corrected chi connectivity index (χ0v) is 15.4. The van der Waals surface area contributed by atoms with Crippen molar-refractivity contribution in [2.45, 2.75) is 0 Å². The summed E-state index contributed by atoms with van der Waals surface area (Å²) in [5.74, 6) is -1.89. The number of methoxy groups -OCH3 is 3. The van der Waals surface area contributed by atoms with E-state index in [4.69, 9.17) is 14.2 Å².